The Bertz CT molecular complexity index is 591. The number of hydrogen-bond acceptors (Lipinski definition) is 2. The van der Waals surface area contributed by atoms with Crippen LogP contribution in [0.25, 0.3) is 0 Å². The van der Waals surface area contributed by atoms with Crippen LogP contribution in [0.15, 0.2) is 48.5 Å². The van der Waals surface area contributed by atoms with Crippen LogP contribution in [0.2, 0.25) is 5.02 Å². The lowest BCUT2D eigenvalue weighted by Gasteiger charge is -2.12. The molecule has 0 radical (unpaired) electrons. The predicted molar refractivity (Wildman–Crippen MR) is 88.3 cm³/mol. The minimum atomic E-state index is -0.0470. The Balaban J connectivity index is 1.85. The molecular formula is C17H19ClN2O. The van der Waals surface area contributed by atoms with Crippen LogP contribution in [0.5, 0.6) is 0 Å². The SMILES string of the molecule is CN(C)c1ccc(C(=O)NCCc2ccc(Cl)cc2)cc1. The lowest BCUT2D eigenvalue weighted by atomic mass is 10.1. The van der Waals surface area contributed by atoms with Gasteiger partial charge in [-0.2, -0.15) is 0 Å². The summed E-state index contributed by atoms with van der Waals surface area (Å²) in [5.74, 6) is -0.0470. The maximum absolute atomic E-state index is 12.0. The van der Waals surface area contributed by atoms with Gasteiger partial charge in [0.15, 0.2) is 0 Å². The smallest absolute Gasteiger partial charge is 0.251 e. The Morgan fingerprint density at radius 3 is 2.24 bits per heavy atom. The molecule has 0 fully saturated rings. The van der Waals surface area contributed by atoms with Crippen molar-refractivity contribution in [2.45, 2.75) is 6.42 Å². The topological polar surface area (TPSA) is 32.3 Å². The normalized spacial score (nSPS) is 10.2. The largest absolute Gasteiger partial charge is 0.378 e. The first-order valence-electron chi connectivity index (χ1n) is 6.86. The molecule has 0 saturated carbocycles. The summed E-state index contributed by atoms with van der Waals surface area (Å²) in [6.45, 7) is 0.607. The Labute approximate surface area is 130 Å². The number of nitrogens with zero attached hydrogens (tertiary/aromatic N) is 1. The Morgan fingerprint density at radius 2 is 1.67 bits per heavy atom. The standard InChI is InChI=1S/C17H19ClN2O/c1-20(2)16-9-5-14(6-10-16)17(21)19-12-11-13-3-7-15(18)8-4-13/h3-10H,11-12H2,1-2H3,(H,19,21). The van der Waals surface area contributed by atoms with E-state index in [1.54, 1.807) is 0 Å². The molecule has 0 aliphatic carbocycles. The fourth-order valence-electron chi connectivity index (χ4n) is 1.98. The lowest BCUT2D eigenvalue weighted by molar-refractivity contribution is 0.0954. The van der Waals surface area contributed by atoms with Gasteiger partial charge >= 0.3 is 0 Å². The average molecular weight is 303 g/mol. The molecule has 0 heterocycles. The number of hydrogen-bond donors (Lipinski definition) is 1. The number of nitrogens with one attached hydrogen (secondary N) is 1. The van der Waals surface area contributed by atoms with Gasteiger partial charge in [0, 0.05) is 36.9 Å². The second-order valence-corrected chi connectivity index (χ2v) is 5.51. The number of carbonyl (C=O) groups is 1. The number of benzene rings is 2. The Hall–Kier alpha value is -2.00. The second kappa shape index (κ2) is 7.14. The van der Waals surface area contributed by atoms with Crippen LogP contribution >= 0.6 is 11.6 Å². The Kier molecular flexibility index (Phi) is 5.23. The van der Waals surface area contributed by atoms with Crippen molar-refractivity contribution in [1.29, 1.82) is 0 Å². The van der Waals surface area contributed by atoms with Gasteiger partial charge in [-0.1, -0.05) is 23.7 Å². The van der Waals surface area contributed by atoms with E-state index in [0.717, 1.165) is 22.7 Å². The number of amides is 1. The van der Waals surface area contributed by atoms with Crippen LogP contribution in [-0.4, -0.2) is 26.5 Å². The summed E-state index contributed by atoms with van der Waals surface area (Å²) in [6.07, 6.45) is 0.790. The van der Waals surface area contributed by atoms with E-state index in [4.69, 9.17) is 11.6 Å². The summed E-state index contributed by atoms with van der Waals surface area (Å²) in [5.41, 5.74) is 2.91. The zero-order valence-corrected chi connectivity index (χ0v) is 13.0. The molecule has 0 spiro atoms. The molecule has 21 heavy (non-hydrogen) atoms. The number of halogens is 1. The van der Waals surface area contributed by atoms with Crippen LogP contribution in [0.3, 0.4) is 0 Å². The molecule has 0 bridgehead atoms. The Morgan fingerprint density at radius 1 is 1.05 bits per heavy atom. The zero-order chi connectivity index (χ0) is 15.2. The highest BCUT2D eigenvalue weighted by Crippen LogP contribution is 2.12. The molecular weight excluding hydrogens is 284 g/mol. The monoisotopic (exact) mass is 302 g/mol. The molecule has 2 aromatic carbocycles. The first-order chi connectivity index (χ1) is 10.1. The van der Waals surface area contributed by atoms with Gasteiger partial charge in [-0.15, -0.1) is 0 Å². The van der Waals surface area contributed by atoms with Gasteiger partial charge in [-0.3, -0.25) is 4.79 Å². The molecule has 1 N–H and O–H groups in total. The molecule has 0 saturated heterocycles. The van der Waals surface area contributed by atoms with Crippen molar-refractivity contribution in [2.75, 3.05) is 25.5 Å². The minimum Gasteiger partial charge on any atom is -0.378 e. The van der Waals surface area contributed by atoms with Gasteiger partial charge < -0.3 is 10.2 Å². The van der Waals surface area contributed by atoms with Gasteiger partial charge in [0.25, 0.3) is 5.91 Å². The third-order valence-electron chi connectivity index (χ3n) is 3.26. The third kappa shape index (κ3) is 4.50. The first kappa shape index (κ1) is 15.4. The highest BCUT2D eigenvalue weighted by molar-refractivity contribution is 6.30. The van der Waals surface area contributed by atoms with Crippen LogP contribution in [-0.2, 0) is 6.42 Å². The lowest BCUT2D eigenvalue weighted by Crippen LogP contribution is -2.25. The van der Waals surface area contributed by atoms with Crippen molar-refractivity contribution in [3.05, 3.63) is 64.7 Å². The summed E-state index contributed by atoms with van der Waals surface area (Å²) in [6, 6.07) is 15.2. The van der Waals surface area contributed by atoms with Crippen molar-refractivity contribution in [3.63, 3.8) is 0 Å². The first-order valence-corrected chi connectivity index (χ1v) is 7.24. The van der Waals surface area contributed by atoms with Crippen molar-refractivity contribution >= 4 is 23.2 Å². The molecule has 0 aliphatic heterocycles. The van der Waals surface area contributed by atoms with Crippen LogP contribution in [0, 0.1) is 0 Å². The van der Waals surface area contributed by atoms with Gasteiger partial charge in [-0.05, 0) is 48.4 Å². The van der Waals surface area contributed by atoms with Crippen LogP contribution in [0.1, 0.15) is 15.9 Å². The van der Waals surface area contributed by atoms with Crippen LogP contribution < -0.4 is 10.2 Å². The molecule has 110 valence electrons. The highest BCUT2D eigenvalue weighted by atomic mass is 35.5. The summed E-state index contributed by atoms with van der Waals surface area (Å²) >= 11 is 5.84. The van der Waals surface area contributed by atoms with E-state index >= 15 is 0 Å². The molecule has 0 aromatic heterocycles. The van der Waals surface area contributed by atoms with E-state index in [2.05, 4.69) is 5.32 Å². The summed E-state index contributed by atoms with van der Waals surface area (Å²) < 4.78 is 0. The van der Waals surface area contributed by atoms with Crippen molar-refractivity contribution in [2.24, 2.45) is 0 Å². The molecule has 2 aromatic rings. The van der Waals surface area contributed by atoms with Gasteiger partial charge in [0.05, 0.1) is 0 Å². The fourth-order valence-corrected chi connectivity index (χ4v) is 2.11. The van der Waals surface area contributed by atoms with E-state index in [1.165, 1.54) is 0 Å². The van der Waals surface area contributed by atoms with Gasteiger partial charge in [-0.25, -0.2) is 0 Å². The van der Waals surface area contributed by atoms with E-state index in [1.807, 2.05) is 67.5 Å². The van der Waals surface area contributed by atoms with Crippen molar-refractivity contribution < 1.29 is 4.79 Å². The van der Waals surface area contributed by atoms with E-state index in [-0.39, 0.29) is 5.91 Å². The molecule has 1 amide bonds. The zero-order valence-electron chi connectivity index (χ0n) is 12.3. The predicted octanol–water partition coefficient (Wildman–Crippen LogP) is 3.38. The summed E-state index contributed by atoms with van der Waals surface area (Å²) in [7, 11) is 3.95. The number of carbonyl (C=O) groups excluding carboxylic acids is 1. The third-order valence-corrected chi connectivity index (χ3v) is 3.51. The van der Waals surface area contributed by atoms with Gasteiger partial charge in [0.1, 0.15) is 0 Å². The van der Waals surface area contributed by atoms with Crippen molar-refractivity contribution in [3.8, 4) is 0 Å². The van der Waals surface area contributed by atoms with E-state index in [0.29, 0.717) is 12.1 Å². The van der Waals surface area contributed by atoms with Crippen LogP contribution in [0.4, 0.5) is 5.69 Å². The van der Waals surface area contributed by atoms with Gasteiger partial charge in [0.2, 0.25) is 0 Å². The molecule has 0 aliphatic rings. The molecule has 4 heteroatoms. The average Bonchev–Trinajstić information content (AvgIpc) is 2.49. The van der Waals surface area contributed by atoms with E-state index < -0.39 is 0 Å². The maximum Gasteiger partial charge on any atom is 0.251 e. The summed E-state index contributed by atoms with van der Waals surface area (Å²) in [5, 5.41) is 3.65. The molecule has 3 nitrogen and oxygen atoms in total. The maximum atomic E-state index is 12.0. The second-order valence-electron chi connectivity index (χ2n) is 5.07. The highest BCUT2D eigenvalue weighted by Gasteiger charge is 2.05. The number of rotatable bonds is 5. The molecule has 0 atom stereocenters. The summed E-state index contributed by atoms with van der Waals surface area (Å²) in [4.78, 5) is 14.0. The fraction of sp³-hybridized carbons (Fsp3) is 0.235. The van der Waals surface area contributed by atoms with E-state index in [9.17, 15) is 4.79 Å². The molecule has 2 rings (SSSR count). The van der Waals surface area contributed by atoms with Crippen molar-refractivity contribution in [1.82, 2.24) is 5.32 Å². The molecule has 0 unspecified atom stereocenters. The number of anilines is 1. The minimum absolute atomic E-state index is 0.0470. The quantitative estimate of drug-likeness (QED) is 0.918.